The number of nitrogens with one attached hydrogen (secondary N) is 2. The van der Waals surface area contributed by atoms with Crippen molar-refractivity contribution in [3.05, 3.63) is 52.5 Å². The van der Waals surface area contributed by atoms with Gasteiger partial charge < -0.3 is 15.5 Å². The predicted molar refractivity (Wildman–Crippen MR) is 99.1 cm³/mol. The Hall–Kier alpha value is -1.91. The fourth-order valence-corrected chi connectivity index (χ4v) is 2.73. The molecule has 4 nitrogen and oxygen atoms in total. The molecule has 23 heavy (non-hydrogen) atoms. The zero-order chi connectivity index (χ0) is 16.8. The van der Waals surface area contributed by atoms with Crippen molar-refractivity contribution in [2.75, 3.05) is 28.6 Å². The number of anilines is 3. The topological polar surface area (TPSA) is 44.4 Å². The highest BCUT2D eigenvalue weighted by Gasteiger charge is 2.10. The van der Waals surface area contributed by atoms with Crippen molar-refractivity contribution in [2.24, 2.45) is 0 Å². The standard InChI is InChI=1S/C17H19Cl2N3O/c1-3-22(4-2)13-10-8-12(9-11-13)20-17(23)21-16-14(18)6-5-7-15(16)19/h5-11H,3-4H2,1-2H3,(H2,20,21,23). The minimum atomic E-state index is -0.393. The van der Waals surface area contributed by atoms with Crippen molar-refractivity contribution in [3.63, 3.8) is 0 Å². The van der Waals surface area contributed by atoms with Gasteiger partial charge in [0.05, 0.1) is 15.7 Å². The van der Waals surface area contributed by atoms with Gasteiger partial charge in [-0.2, -0.15) is 0 Å². The van der Waals surface area contributed by atoms with E-state index in [0.717, 1.165) is 18.8 Å². The Morgan fingerprint density at radius 1 is 0.957 bits per heavy atom. The van der Waals surface area contributed by atoms with Gasteiger partial charge in [-0.3, -0.25) is 0 Å². The molecule has 0 bridgehead atoms. The molecule has 0 aliphatic heterocycles. The molecule has 0 radical (unpaired) electrons. The summed E-state index contributed by atoms with van der Waals surface area (Å²) in [4.78, 5) is 14.3. The number of halogens is 2. The Bertz CT molecular complexity index is 650. The van der Waals surface area contributed by atoms with Gasteiger partial charge in [-0.15, -0.1) is 0 Å². The van der Waals surface area contributed by atoms with Gasteiger partial charge >= 0.3 is 6.03 Å². The van der Waals surface area contributed by atoms with Crippen LogP contribution in [0, 0.1) is 0 Å². The lowest BCUT2D eigenvalue weighted by molar-refractivity contribution is 0.262. The largest absolute Gasteiger partial charge is 0.372 e. The maximum absolute atomic E-state index is 12.1. The molecule has 122 valence electrons. The van der Waals surface area contributed by atoms with Crippen molar-refractivity contribution in [3.8, 4) is 0 Å². The van der Waals surface area contributed by atoms with E-state index in [4.69, 9.17) is 23.2 Å². The lowest BCUT2D eigenvalue weighted by Crippen LogP contribution is -2.22. The fourth-order valence-electron chi connectivity index (χ4n) is 2.24. The second-order valence-electron chi connectivity index (χ2n) is 4.89. The molecule has 2 amide bonds. The van der Waals surface area contributed by atoms with Crippen molar-refractivity contribution in [1.29, 1.82) is 0 Å². The minimum Gasteiger partial charge on any atom is -0.372 e. The van der Waals surface area contributed by atoms with Crippen LogP contribution in [0.25, 0.3) is 0 Å². The van der Waals surface area contributed by atoms with E-state index >= 15 is 0 Å². The molecule has 0 spiro atoms. The van der Waals surface area contributed by atoms with Gasteiger partial charge in [0.25, 0.3) is 0 Å². The first-order valence-corrected chi connectivity index (χ1v) is 8.17. The van der Waals surface area contributed by atoms with Gasteiger partial charge in [-0.25, -0.2) is 4.79 Å². The third-order valence-corrected chi connectivity index (χ3v) is 4.08. The number of carbonyl (C=O) groups is 1. The summed E-state index contributed by atoms with van der Waals surface area (Å²) < 4.78 is 0. The molecule has 0 aromatic heterocycles. The molecular formula is C17H19Cl2N3O. The molecule has 2 rings (SSSR count). The molecule has 0 unspecified atom stereocenters. The molecule has 0 saturated heterocycles. The fraction of sp³-hybridized carbons (Fsp3) is 0.235. The van der Waals surface area contributed by atoms with Crippen molar-refractivity contribution < 1.29 is 4.79 Å². The van der Waals surface area contributed by atoms with Crippen molar-refractivity contribution in [2.45, 2.75) is 13.8 Å². The van der Waals surface area contributed by atoms with E-state index < -0.39 is 6.03 Å². The normalized spacial score (nSPS) is 10.3. The summed E-state index contributed by atoms with van der Waals surface area (Å²) >= 11 is 12.1. The number of hydrogen-bond donors (Lipinski definition) is 2. The lowest BCUT2D eigenvalue weighted by atomic mass is 10.2. The molecular weight excluding hydrogens is 333 g/mol. The molecule has 0 heterocycles. The van der Waals surface area contributed by atoms with Crippen LogP contribution in [0.1, 0.15) is 13.8 Å². The van der Waals surface area contributed by atoms with Crippen LogP contribution in [-0.2, 0) is 0 Å². The number of benzene rings is 2. The smallest absolute Gasteiger partial charge is 0.323 e. The summed E-state index contributed by atoms with van der Waals surface area (Å²) in [5.41, 5.74) is 2.21. The summed E-state index contributed by atoms with van der Waals surface area (Å²) in [6.45, 7) is 6.09. The van der Waals surface area contributed by atoms with Gasteiger partial charge in [-0.1, -0.05) is 29.3 Å². The van der Waals surface area contributed by atoms with E-state index in [0.29, 0.717) is 21.4 Å². The Balaban J connectivity index is 2.03. The Labute approximate surface area is 146 Å². The number of hydrogen-bond acceptors (Lipinski definition) is 2. The Morgan fingerprint density at radius 3 is 2.04 bits per heavy atom. The molecule has 0 saturated carbocycles. The van der Waals surface area contributed by atoms with Gasteiger partial charge in [0.2, 0.25) is 0 Å². The van der Waals surface area contributed by atoms with Crippen molar-refractivity contribution in [1.82, 2.24) is 0 Å². The number of nitrogens with zero attached hydrogens (tertiary/aromatic N) is 1. The van der Waals surface area contributed by atoms with Crippen LogP contribution in [0.5, 0.6) is 0 Å². The quantitative estimate of drug-likeness (QED) is 0.748. The number of urea groups is 1. The molecule has 0 atom stereocenters. The van der Waals surface area contributed by atoms with Gasteiger partial charge in [0, 0.05) is 24.5 Å². The molecule has 0 aliphatic rings. The van der Waals surface area contributed by atoms with Crippen LogP contribution in [0.15, 0.2) is 42.5 Å². The SMILES string of the molecule is CCN(CC)c1ccc(NC(=O)Nc2c(Cl)cccc2Cl)cc1. The zero-order valence-corrected chi connectivity index (χ0v) is 14.6. The Morgan fingerprint density at radius 2 is 1.52 bits per heavy atom. The van der Waals surface area contributed by atoms with Gasteiger partial charge in [-0.05, 0) is 50.2 Å². The van der Waals surface area contributed by atoms with Crippen LogP contribution in [-0.4, -0.2) is 19.1 Å². The van der Waals surface area contributed by atoms with Gasteiger partial charge in [0.15, 0.2) is 0 Å². The first kappa shape index (κ1) is 17.4. The first-order valence-electron chi connectivity index (χ1n) is 7.42. The second kappa shape index (κ2) is 8.09. The molecule has 2 aromatic carbocycles. The number of carbonyl (C=O) groups excluding carboxylic acids is 1. The van der Waals surface area contributed by atoms with E-state index in [1.807, 2.05) is 24.3 Å². The average molecular weight is 352 g/mol. The summed E-state index contributed by atoms with van der Waals surface area (Å²) in [7, 11) is 0. The van der Waals surface area contributed by atoms with E-state index in [9.17, 15) is 4.79 Å². The van der Waals surface area contributed by atoms with E-state index in [1.165, 1.54) is 0 Å². The van der Waals surface area contributed by atoms with Crippen LogP contribution < -0.4 is 15.5 Å². The molecule has 2 aromatic rings. The highest BCUT2D eigenvalue weighted by molar-refractivity contribution is 6.39. The van der Waals surface area contributed by atoms with E-state index in [1.54, 1.807) is 18.2 Å². The zero-order valence-electron chi connectivity index (χ0n) is 13.1. The predicted octanol–water partition coefficient (Wildman–Crippen LogP) is 5.48. The summed E-state index contributed by atoms with van der Waals surface area (Å²) in [5, 5.41) is 6.21. The highest BCUT2D eigenvalue weighted by Crippen LogP contribution is 2.29. The van der Waals surface area contributed by atoms with E-state index in [-0.39, 0.29) is 0 Å². The maximum Gasteiger partial charge on any atom is 0.323 e. The van der Waals surface area contributed by atoms with Crippen LogP contribution >= 0.6 is 23.2 Å². The molecule has 6 heteroatoms. The third kappa shape index (κ3) is 4.53. The van der Waals surface area contributed by atoms with Crippen LogP contribution in [0.3, 0.4) is 0 Å². The van der Waals surface area contributed by atoms with Crippen LogP contribution in [0.2, 0.25) is 10.0 Å². The lowest BCUT2D eigenvalue weighted by Gasteiger charge is -2.21. The Kier molecular flexibility index (Phi) is 6.13. The summed E-state index contributed by atoms with van der Waals surface area (Å²) in [5.74, 6) is 0. The number of para-hydroxylation sites is 1. The van der Waals surface area contributed by atoms with Gasteiger partial charge in [0.1, 0.15) is 0 Å². The number of amides is 2. The average Bonchev–Trinajstić information content (AvgIpc) is 2.54. The van der Waals surface area contributed by atoms with Crippen molar-refractivity contribution >= 4 is 46.3 Å². The summed E-state index contributed by atoms with van der Waals surface area (Å²) in [6, 6.07) is 12.3. The molecule has 0 aliphatic carbocycles. The maximum atomic E-state index is 12.1. The first-order chi connectivity index (χ1) is 11.0. The molecule has 2 N–H and O–H groups in total. The summed E-state index contributed by atoms with van der Waals surface area (Å²) in [6.07, 6.45) is 0. The second-order valence-corrected chi connectivity index (χ2v) is 5.71. The number of rotatable bonds is 5. The monoisotopic (exact) mass is 351 g/mol. The third-order valence-electron chi connectivity index (χ3n) is 3.46. The molecule has 0 fully saturated rings. The highest BCUT2D eigenvalue weighted by atomic mass is 35.5. The minimum absolute atomic E-state index is 0.393. The van der Waals surface area contributed by atoms with E-state index in [2.05, 4.69) is 29.4 Å². The van der Waals surface area contributed by atoms with Crippen LogP contribution in [0.4, 0.5) is 21.9 Å².